The van der Waals surface area contributed by atoms with Crippen LogP contribution in [0.25, 0.3) is 0 Å². The van der Waals surface area contributed by atoms with Gasteiger partial charge in [0, 0.05) is 42.6 Å². The molecule has 0 spiro atoms. The molecule has 4 aromatic rings. The zero-order valence-corrected chi connectivity index (χ0v) is 29.1. The van der Waals surface area contributed by atoms with Gasteiger partial charge in [0.05, 0.1) is 17.1 Å². The molecule has 2 atom stereocenters. The van der Waals surface area contributed by atoms with Crippen LogP contribution in [-0.2, 0) is 14.8 Å². The number of anilines is 1. The summed E-state index contributed by atoms with van der Waals surface area (Å²) in [5, 5.41) is 16.3. The molecule has 0 radical (unpaired) electrons. The van der Waals surface area contributed by atoms with Gasteiger partial charge < -0.3 is 21.5 Å². The van der Waals surface area contributed by atoms with Crippen LogP contribution in [0.3, 0.4) is 0 Å². The molecule has 3 aromatic carbocycles. The predicted octanol–water partition coefficient (Wildman–Crippen LogP) is 4.90. The first-order valence-corrected chi connectivity index (χ1v) is 18.0. The fraction of sp³-hybridized carbons (Fsp3) is 0.342. The quantitative estimate of drug-likeness (QED) is 0.0911. The third kappa shape index (κ3) is 10.2. The minimum Gasteiger partial charge on any atom is -0.399 e. The van der Waals surface area contributed by atoms with E-state index in [4.69, 9.17) is 5.73 Å². The highest BCUT2D eigenvalue weighted by Crippen LogP contribution is 2.29. The Labute approximate surface area is 289 Å². The Morgan fingerprint density at radius 1 is 0.878 bits per heavy atom. The number of nitrogen functional groups attached to an aromatic ring is 1. The van der Waals surface area contributed by atoms with Gasteiger partial charge in [0.25, 0.3) is 5.91 Å². The number of aromatic nitrogens is 1. The second-order valence-corrected chi connectivity index (χ2v) is 14.5. The Hall–Kier alpha value is -4.58. The van der Waals surface area contributed by atoms with Crippen molar-refractivity contribution in [2.45, 2.75) is 62.9 Å². The number of nitrogens with zero attached hydrogens (tertiary/aromatic N) is 2. The van der Waals surface area contributed by atoms with E-state index in [-0.39, 0.29) is 29.9 Å². The molecule has 5 N–H and O–H groups in total. The van der Waals surface area contributed by atoms with Crippen LogP contribution in [0.4, 0.5) is 5.69 Å². The van der Waals surface area contributed by atoms with Crippen LogP contribution >= 0.6 is 0 Å². The largest absolute Gasteiger partial charge is 0.399 e. The lowest BCUT2D eigenvalue weighted by molar-refractivity contribution is -0.123. The average molecular weight is 686 g/mol. The maximum Gasteiger partial charge on any atom is 0.253 e. The lowest BCUT2D eigenvalue weighted by Gasteiger charge is -2.31. The molecule has 1 aromatic heterocycles. The molecule has 2 unspecified atom stereocenters. The number of unbranched alkanes of at least 4 members (excludes halogenated alkanes) is 1. The number of carbonyl (C=O) groups is 2. The summed E-state index contributed by atoms with van der Waals surface area (Å²) < 4.78 is 28.6. The van der Waals surface area contributed by atoms with E-state index in [0.717, 1.165) is 16.8 Å². The van der Waals surface area contributed by atoms with Gasteiger partial charge in [-0.15, -0.1) is 0 Å². The zero-order valence-electron chi connectivity index (χ0n) is 28.3. The molecule has 0 saturated heterocycles. The van der Waals surface area contributed by atoms with Crippen molar-refractivity contribution >= 4 is 27.5 Å². The highest BCUT2D eigenvalue weighted by atomic mass is 32.2. The van der Waals surface area contributed by atoms with Crippen molar-refractivity contribution in [3.05, 3.63) is 126 Å². The van der Waals surface area contributed by atoms with Gasteiger partial charge in [0.2, 0.25) is 15.9 Å². The summed E-state index contributed by atoms with van der Waals surface area (Å²) in [7, 11) is -3.89. The number of benzene rings is 3. The van der Waals surface area contributed by atoms with Crippen LogP contribution in [0, 0.1) is 12.8 Å². The normalized spacial score (nSPS) is 13.0. The van der Waals surface area contributed by atoms with Crippen LogP contribution in [0.15, 0.2) is 108 Å². The van der Waals surface area contributed by atoms with E-state index >= 15 is 0 Å². The van der Waals surface area contributed by atoms with Gasteiger partial charge >= 0.3 is 0 Å². The Morgan fingerprint density at radius 2 is 1.49 bits per heavy atom. The number of hydrogen-bond donors (Lipinski definition) is 4. The van der Waals surface area contributed by atoms with Gasteiger partial charge in [-0.25, -0.2) is 8.42 Å². The minimum atomic E-state index is -3.89. The van der Waals surface area contributed by atoms with E-state index in [2.05, 4.69) is 15.6 Å². The molecule has 11 heteroatoms. The Morgan fingerprint density at radius 3 is 2.02 bits per heavy atom. The summed E-state index contributed by atoms with van der Waals surface area (Å²) in [6.07, 6.45) is 2.96. The summed E-state index contributed by atoms with van der Waals surface area (Å²) in [4.78, 5) is 31.8. The molecule has 0 saturated carbocycles. The summed E-state index contributed by atoms with van der Waals surface area (Å²) >= 11 is 0. The number of nitrogens with one attached hydrogen (secondary N) is 2. The number of pyridine rings is 1. The molecule has 0 aliphatic heterocycles. The van der Waals surface area contributed by atoms with Crippen LogP contribution in [-0.4, -0.2) is 66.4 Å². The van der Waals surface area contributed by atoms with E-state index in [9.17, 15) is 23.1 Å². The van der Waals surface area contributed by atoms with Crippen molar-refractivity contribution in [2.75, 3.05) is 25.4 Å². The molecule has 0 aliphatic rings. The molecule has 0 fully saturated rings. The van der Waals surface area contributed by atoms with Crippen molar-refractivity contribution in [1.82, 2.24) is 19.9 Å². The molecule has 10 nitrogen and oxygen atoms in total. The third-order valence-corrected chi connectivity index (χ3v) is 10.2. The van der Waals surface area contributed by atoms with Gasteiger partial charge in [-0.3, -0.25) is 14.6 Å². The number of hydrogen-bond acceptors (Lipinski definition) is 7. The number of rotatable bonds is 17. The second-order valence-electron chi connectivity index (χ2n) is 12.6. The summed E-state index contributed by atoms with van der Waals surface area (Å²) in [6.45, 7) is 5.89. The monoisotopic (exact) mass is 685 g/mol. The molecule has 260 valence electrons. The first kappa shape index (κ1) is 37.2. The molecule has 2 amide bonds. The van der Waals surface area contributed by atoms with Crippen molar-refractivity contribution in [3.8, 4) is 0 Å². The fourth-order valence-corrected chi connectivity index (χ4v) is 7.57. The van der Waals surface area contributed by atoms with Gasteiger partial charge in [0.1, 0.15) is 6.04 Å². The zero-order chi connectivity index (χ0) is 35.4. The van der Waals surface area contributed by atoms with Crippen LogP contribution in [0.5, 0.6) is 0 Å². The van der Waals surface area contributed by atoms with Crippen molar-refractivity contribution in [1.29, 1.82) is 0 Å². The summed E-state index contributed by atoms with van der Waals surface area (Å²) in [5.41, 5.74) is 9.10. The van der Waals surface area contributed by atoms with E-state index in [1.807, 2.05) is 81.4 Å². The SMILES string of the molecule is Cc1ccc(C(=O)NC(C(=O)NCCCCC(CO)N(CC(C)C)S(=O)(=O)c2ccc(N)cc2)C(c2ccccc2)c2ccccc2)cn1. The van der Waals surface area contributed by atoms with Crippen molar-refractivity contribution in [3.63, 3.8) is 0 Å². The van der Waals surface area contributed by atoms with Crippen LogP contribution in [0.1, 0.15) is 66.2 Å². The first-order chi connectivity index (χ1) is 23.5. The third-order valence-electron chi connectivity index (χ3n) is 8.31. The highest BCUT2D eigenvalue weighted by Gasteiger charge is 2.34. The molecule has 1 heterocycles. The maximum absolute atomic E-state index is 14.0. The van der Waals surface area contributed by atoms with Crippen LogP contribution < -0.4 is 16.4 Å². The van der Waals surface area contributed by atoms with E-state index < -0.39 is 33.9 Å². The molecule has 49 heavy (non-hydrogen) atoms. The molecule has 4 rings (SSSR count). The number of carbonyl (C=O) groups excluding carboxylic acids is 2. The summed E-state index contributed by atoms with van der Waals surface area (Å²) in [6, 6.07) is 27.1. The number of aliphatic hydroxyl groups excluding tert-OH is 1. The number of nitrogens with two attached hydrogens (primary N) is 1. The van der Waals surface area contributed by atoms with Crippen LogP contribution in [0.2, 0.25) is 0 Å². The van der Waals surface area contributed by atoms with Crippen molar-refractivity contribution < 1.29 is 23.1 Å². The molecular formula is C38H47N5O5S. The lowest BCUT2D eigenvalue weighted by Crippen LogP contribution is -2.50. The van der Waals surface area contributed by atoms with Gasteiger partial charge in [-0.2, -0.15) is 4.31 Å². The van der Waals surface area contributed by atoms with Gasteiger partial charge in [0.15, 0.2) is 0 Å². The Kier molecular flexibility index (Phi) is 13.5. The highest BCUT2D eigenvalue weighted by molar-refractivity contribution is 7.89. The van der Waals surface area contributed by atoms with Gasteiger partial charge in [-0.05, 0) is 73.2 Å². The molecule has 0 bridgehead atoms. The van der Waals surface area contributed by atoms with E-state index in [1.54, 1.807) is 24.3 Å². The first-order valence-electron chi connectivity index (χ1n) is 16.6. The molecular weight excluding hydrogens is 639 g/mol. The maximum atomic E-state index is 14.0. The second kappa shape index (κ2) is 17.7. The Balaban J connectivity index is 1.49. The predicted molar refractivity (Wildman–Crippen MR) is 192 cm³/mol. The molecule has 0 aliphatic carbocycles. The standard InChI is InChI=1S/C38H47N5O5S/c1-27(2)25-43(49(47,48)34-21-19-32(39)20-22-34)33(26-44)16-10-11-23-40-38(46)36(42-37(45)31-18-17-28(3)41-24-31)35(29-12-6-4-7-13-29)30-14-8-5-9-15-30/h4-9,12-15,17-22,24,27,33,35-36,44H,10-11,16,23,25-26,39H2,1-3H3,(H,40,46)(H,42,45). The number of aliphatic hydroxyl groups is 1. The van der Waals surface area contributed by atoms with E-state index in [1.165, 1.54) is 22.6 Å². The van der Waals surface area contributed by atoms with Gasteiger partial charge in [-0.1, -0.05) is 80.9 Å². The number of amides is 2. The van der Waals surface area contributed by atoms with Crippen molar-refractivity contribution in [2.24, 2.45) is 5.92 Å². The fourth-order valence-electron chi connectivity index (χ4n) is 5.76. The minimum absolute atomic E-state index is 0.0295. The topological polar surface area (TPSA) is 155 Å². The Bertz CT molecular complexity index is 1700. The smallest absolute Gasteiger partial charge is 0.253 e. The lowest BCUT2D eigenvalue weighted by atomic mass is 9.84. The number of sulfonamides is 1. The number of aryl methyl sites for hydroxylation is 1. The average Bonchev–Trinajstić information content (AvgIpc) is 3.10. The van der Waals surface area contributed by atoms with E-state index in [0.29, 0.717) is 37.1 Å². The summed E-state index contributed by atoms with van der Waals surface area (Å²) in [5.74, 6) is -1.21.